The molecule has 1 rings (SSSR count). The Labute approximate surface area is 83.4 Å². The predicted octanol–water partition coefficient (Wildman–Crippen LogP) is 1.39. The maximum Gasteiger partial charge on any atom is 0.303 e. The molecule has 0 radical (unpaired) electrons. The highest BCUT2D eigenvalue weighted by atomic mass is 19.1. The van der Waals surface area contributed by atoms with E-state index in [-0.39, 0.29) is 18.4 Å². The molecule has 0 saturated carbocycles. The standard InChI is InChI=1S/C9H8F2O4/c10-5-3-4(1-2-6(12)13)8(14)7(11)9(5)15/h3,14-15H,1-2H2,(H,12,13). The fourth-order valence-electron chi connectivity index (χ4n) is 1.08. The van der Waals surface area contributed by atoms with Crippen molar-refractivity contribution in [2.75, 3.05) is 0 Å². The number of aromatic hydroxyl groups is 2. The van der Waals surface area contributed by atoms with Gasteiger partial charge in [-0.05, 0) is 12.5 Å². The molecule has 0 atom stereocenters. The zero-order valence-corrected chi connectivity index (χ0v) is 7.50. The van der Waals surface area contributed by atoms with E-state index in [1.165, 1.54) is 0 Å². The van der Waals surface area contributed by atoms with Crippen molar-refractivity contribution in [2.45, 2.75) is 12.8 Å². The van der Waals surface area contributed by atoms with E-state index in [9.17, 15) is 13.6 Å². The van der Waals surface area contributed by atoms with Crippen LogP contribution in [0.2, 0.25) is 0 Å². The van der Waals surface area contributed by atoms with E-state index in [0.717, 1.165) is 0 Å². The Morgan fingerprint density at radius 3 is 2.40 bits per heavy atom. The molecule has 15 heavy (non-hydrogen) atoms. The van der Waals surface area contributed by atoms with Gasteiger partial charge in [0.15, 0.2) is 17.3 Å². The van der Waals surface area contributed by atoms with Gasteiger partial charge in [-0.3, -0.25) is 4.79 Å². The second-order valence-corrected chi connectivity index (χ2v) is 2.92. The molecule has 0 aromatic heterocycles. The van der Waals surface area contributed by atoms with Crippen molar-refractivity contribution in [3.63, 3.8) is 0 Å². The lowest BCUT2D eigenvalue weighted by atomic mass is 10.1. The van der Waals surface area contributed by atoms with Crippen LogP contribution < -0.4 is 0 Å². The van der Waals surface area contributed by atoms with Crippen LogP contribution >= 0.6 is 0 Å². The molecule has 0 amide bonds. The first-order valence-corrected chi connectivity index (χ1v) is 4.04. The van der Waals surface area contributed by atoms with Gasteiger partial charge in [0, 0.05) is 12.0 Å². The third-order valence-corrected chi connectivity index (χ3v) is 1.86. The van der Waals surface area contributed by atoms with Crippen LogP contribution in [0.25, 0.3) is 0 Å². The summed E-state index contributed by atoms with van der Waals surface area (Å²) in [6.07, 6.45) is -0.577. The van der Waals surface area contributed by atoms with Gasteiger partial charge in [-0.15, -0.1) is 0 Å². The molecule has 0 aliphatic carbocycles. The summed E-state index contributed by atoms with van der Waals surface area (Å²) >= 11 is 0. The Bertz CT molecular complexity index is 404. The van der Waals surface area contributed by atoms with Crippen molar-refractivity contribution in [1.82, 2.24) is 0 Å². The van der Waals surface area contributed by atoms with Gasteiger partial charge in [0.2, 0.25) is 5.82 Å². The van der Waals surface area contributed by atoms with Crippen molar-refractivity contribution in [3.05, 3.63) is 23.3 Å². The molecule has 3 N–H and O–H groups in total. The summed E-state index contributed by atoms with van der Waals surface area (Å²) < 4.78 is 25.7. The van der Waals surface area contributed by atoms with Crippen LogP contribution in [0.3, 0.4) is 0 Å². The maximum atomic E-state index is 12.9. The normalized spacial score (nSPS) is 10.3. The first-order valence-electron chi connectivity index (χ1n) is 4.04. The summed E-state index contributed by atoms with van der Waals surface area (Å²) in [5.74, 6) is -6.05. The Kier molecular flexibility index (Phi) is 3.08. The van der Waals surface area contributed by atoms with E-state index in [1.807, 2.05) is 0 Å². The van der Waals surface area contributed by atoms with Crippen LogP contribution in [0, 0.1) is 11.6 Å². The highest BCUT2D eigenvalue weighted by Crippen LogP contribution is 2.31. The summed E-state index contributed by atoms with van der Waals surface area (Å²) in [6.45, 7) is 0. The number of aliphatic carboxylic acids is 1. The van der Waals surface area contributed by atoms with Gasteiger partial charge >= 0.3 is 5.97 Å². The fourth-order valence-corrected chi connectivity index (χ4v) is 1.08. The number of carbonyl (C=O) groups is 1. The number of rotatable bonds is 3. The topological polar surface area (TPSA) is 77.8 Å². The second-order valence-electron chi connectivity index (χ2n) is 2.92. The van der Waals surface area contributed by atoms with Crippen LogP contribution in [0.15, 0.2) is 6.07 Å². The van der Waals surface area contributed by atoms with Crippen LogP contribution in [0.4, 0.5) is 8.78 Å². The summed E-state index contributed by atoms with van der Waals surface area (Å²) in [6, 6.07) is 0.705. The Morgan fingerprint density at radius 2 is 1.87 bits per heavy atom. The second kappa shape index (κ2) is 4.12. The van der Waals surface area contributed by atoms with Crippen LogP contribution in [-0.2, 0) is 11.2 Å². The summed E-state index contributed by atoms with van der Waals surface area (Å²) in [4.78, 5) is 10.2. The van der Waals surface area contributed by atoms with Crippen molar-refractivity contribution in [2.24, 2.45) is 0 Å². The molecule has 0 bridgehead atoms. The first kappa shape index (κ1) is 11.2. The molecule has 0 fully saturated rings. The van der Waals surface area contributed by atoms with Crippen LogP contribution in [0.5, 0.6) is 11.5 Å². The summed E-state index contributed by atoms with van der Waals surface area (Å²) in [5.41, 5.74) is -0.190. The van der Waals surface area contributed by atoms with Crippen molar-refractivity contribution >= 4 is 5.97 Å². The lowest BCUT2D eigenvalue weighted by Gasteiger charge is -2.06. The number of phenolic OH excluding ortho intramolecular Hbond substituents is 2. The molecule has 4 nitrogen and oxygen atoms in total. The monoisotopic (exact) mass is 218 g/mol. The highest BCUT2D eigenvalue weighted by Gasteiger charge is 2.17. The zero-order valence-electron chi connectivity index (χ0n) is 7.50. The first-order chi connectivity index (χ1) is 6.93. The number of hydrogen-bond donors (Lipinski definition) is 3. The van der Waals surface area contributed by atoms with Gasteiger partial charge in [0.25, 0.3) is 0 Å². The molecule has 0 aliphatic rings. The van der Waals surface area contributed by atoms with Gasteiger partial charge in [-0.1, -0.05) is 0 Å². The molecule has 0 unspecified atom stereocenters. The number of hydrogen-bond acceptors (Lipinski definition) is 3. The zero-order chi connectivity index (χ0) is 11.6. The van der Waals surface area contributed by atoms with Crippen LogP contribution in [-0.4, -0.2) is 21.3 Å². The van der Waals surface area contributed by atoms with E-state index in [0.29, 0.717) is 6.07 Å². The molecule has 0 spiro atoms. The lowest BCUT2D eigenvalue weighted by Crippen LogP contribution is -1.99. The summed E-state index contributed by atoms with van der Waals surface area (Å²) in [5, 5.41) is 26.2. The van der Waals surface area contributed by atoms with Gasteiger partial charge < -0.3 is 15.3 Å². The molecular formula is C9H8F2O4. The molecular weight excluding hydrogens is 210 g/mol. The molecule has 6 heteroatoms. The number of halogens is 2. The minimum atomic E-state index is -1.48. The Morgan fingerprint density at radius 1 is 1.27 bits per heavy atom. The van der Waals surface area contributed by atoms with Gasteiger partial charge in [0.05, 0.1) is 0 Å². The number of benzene rings is 1. The number of aryl methyl sites for hydroxylation is 1. The number of carboxylic acids is 1. The molecule has 0 saturated heterocycles. The average Bonchev–Trinajstić information content (AvgIpc) is 2.18. The van der Waals surface area contributed by atoms with E-state index in [4.69, 9.17) is 15.3 Å². The largest absolute Gasteiger partial charge is 0.505 e. The van der Waals surface area contributed by atoms with Crippen molar-refractivity contribution in [3.8, 4) is 11.5 Å². The van der Waals surface area contributed by atoms with E-state index < -0.39 is 29.1 Å². The maximum absolute atomic E-state index is 12.9. The minimum Gasteiger partial charge on any atom is -0.505 e. The lowest BCUT2D eigenvalue weighted by molar-refractivity contribution is -0.136. The molecule has 1 aromatic rings. The fraction of sp³-hybridized carbons (Fsp3) is 0.222. The van der Waals surface area contributed by atoms with Gasteiger partial charge in [-0.25, -0.2) is 4.39 Å². The Balaban J connectivity index is 3.04. The predicted molar refractivity (Wildman–Crippen MR) is 45.6 cm³/mol. The highest BCUT2D eigenvalue weighted by molar-refractivity contribution is 5.67. The van der Waals surface area contributed by atoms with Crippen molar-refractivity contribution in [1.29, 1.82) is 0 Å². The average molecular weight is 218 g/mol. The van der Waals surface area contributed by atoms with Crippen LogP contribution in [0.1, 0.15) is 12.0 Å². The smallest absolute Gasteiger partial charge is 0.303 e. The van der Waals surface area contributed by atoms with Gasteiger partial charge in [-0.2, -0.15) is 4.39 Å². The molecule has 1 aromatic carbocycles. The number of phenols is 2. The minimum absolute atomic E-state index is 0.190. The van der Waals surface area contributed by atoms with E-state index in [2.05, 4.69) is 0 Å². The van der Waals surface area contributed by atoms with E-state index >= 15 is 0 Å². The molecule has 0 aliphatic heterocycles. The third kappa shape index (κ3) is 2.34. The quantitative estimate of drug-likeness (QED) is 0.716. The van der Waals surface area contributed by atoms with Gasteiger partial charge in [0.1, 0.15) is 0 Å². The molecule has 0 heterocycles. The van der Waals surface area contributed by atoms with E-state index in [1.54, 1.807) is 0 Å². The molecule has 82 valence electrons. The SMILES string of the molecule is O=C(O)CCc1cc(F)c(O)c(F)c1O. The number of carboxylic acid groups (broad SMARTS) is 1. The summed E-state index contributed by atoms with van der Waals surface area (Å²) in [7, 11) is 0. The third-order valence-electron chi connectivity index (χ3n) is 1.86. The Hall–Kier alpha value is -1.85. The van der Waals surface area contributed by atoms with Crippen molar-refractivity contribution < 1.29 is 28.9 Å².